The van der Waals surface area contributed by atoms with E-state index in [1.807, 2.05) is 42.5 Å². The standard InChI is InChI=1S/C25H21NO3S/c1-26(24-16-8-11-20-10-5-6-15-23(20)24)25(27)21-12-7-9-19(17-21)18-30(28,29)22-13-3-2-4-14-22/h2-17H,18H2,1H3. The molecule has 0 radical (unpaired) electrons. The van der Waals surface area contributed by atoms with Crippen LogP contribution in [0.2, 0.25) is 0 Å². The molecule has 4 nitrogen and oxygen atoms in total. The van der Waals surface area contributed by atoms with E-state index in [2.05, 4.69) is 0 Å². The zero-order chi connectivity index (χ0) is 21.1. The summed E-state index contributed by atoms with van der Waals surface area (Å²) in [6.07, 6.45) is 0. The molecule has 0 aliphatic heterocycles. The lowest BCUT2D eigenvalue weighted by Crippen LogP contribution is -2.26. The van der Waals surface area contributed by atoms with Crippen molar-refractivity contribution >= 4 is 32.2 Å². The monoisotopic (exact) mass is 415 g/mol. The fraction of sp³-hybridized carbons (Fsp3) is 0.0800. The van der Waals surface area contributed by atoms with Gasteiger partial charge < -0.3 is 4.90 Å². The van der Waals surface area contributed by atoms with Crippen molar-refractivity contribution in [3.63, 3.8) is 0 Å². The minimum atomic E-state index is -3.48. The molecular formula is C25H21NO3S. The van der Waals surface area contributed by atoms with Gasteiger partial charge in [0.2, 0.25) is 0 Å². The van der Waals surface area contributed by atoms with E-state index in [0.717, 1.165) is 16.5 Å². The zero-order valence-corrected chi connectivity index (χ0v) is 17.3. The molecule has 5 heteroatoms. The summed E-state index contributed by atoms with van der Waals surface area (Å²) in [5, 5.41) is 2.04. The highest BCUT2D eigenvalue weighted by molar-refractivity contribution is 7.90. The van der Waals surface area contributed by atoms with Gasteiger partial charge in [0.05, 0.1) is 16.3 Å². The molecule has 0 unspecified atom stereocenters. The van der Waals surface area contributed by atoms with Gasteiger partial charge in [-0.05, 0) is 41.3 Å². The van der Waals surface area contributed by atoms with Crippen molar-refractivity contribution < 1.29 is 13.2 Å². The van der Waals surface area contributed by atoms with E-state index in [1.165, 1.54) is 0 Å². The number of carbonyl (C=O) groups is 1. The van der Waals surface area contributed by atoms with Crippen LogP contribution in [0.1, 0.15) is 15.9 Å². The molecule has 0 bridgehead atoms. The number of rotatable bonds is 5. The quantitative estimate of drug-likeness (QED) is 0.456. The Morgan fingerprint density at radius 2 is 1.47 bits per heavy atom. The Morgan fingerprint density at radius 3 is 2.27 bits per heavy atom. The lowest BCUT2D eigenvalue weighted by molar-refractivity contribution is 0.0993. The average molecular weight is 416 g/mol. The third-order valence-corrected chi connectivity index (χ3v) is 6.77. The fourth-order valence-electron chi connectivity index (χ4n) is 3.53. The number of fused-ring (bicyclic) bond motifs is 1. The second-order valence-electron chi connectivity index (χ2n) is 7.13. The van der Waals surface area contributed by atoms with E-state index < -0.39 is 9.84 Å². The Hall–Kier alpha value is -3.44. The summed E-state index contributed by atoms with van der Waals surface area (Å²) >= 11 is 0. The Labute approximate surface area is 176 Å². The molecule has 0 saturated heterocycles. The smallest absolute Gasteiger partial charge is 0.258 e. The predicted octanol–water partition coefficient (Wildman–Crippen LogP) is 5.09. The van der Waals surface area contributed by atoms with Gasteiger partial charge in [-0.15, -0.1) is 0 Å². The van der Waals surface area contributed by atoms with Crippen molar-refractivity contribution in [2.24, 2.45) is 0 Å². The number of amides is 1. The fourth-order valence-corrected chi connectivity index (χ4v) is 4.89. The summed E-state index contributed by atoms with van der Waals surface area (Å²) in [4.78, 5) is 15.0. The van der Waals surface area contributed by atoms with E-state index in [4.69, 9.17) is 0 Å². The van der Waals surface area contributed by atoms with Gasteiger partial charge in [-0.1, -0.05) is 66.7 Å². The van der Waals surface area contributed by atoms with Crippen LogP contribution in [0.4, 0.5) is 5.69 Å². The highest BCUT2D eigenvalue weighted by atomic mass is 32.2. The largest absolute Gasteiger partial charge is 0.311 e. The van der Waals surface area contributed by atoms with Gasteiger partial charge in [-0.2, -0.15) is 0 Å². The van der Waals surface area contributed by atoms with Crippen LogP contribution < -0.4 is 4.90 Å². The molecule has 4 aromatic rings. The maximum Gasteiger partial charge on any atom is 0.258 e. The third kappa shape index (κ3) is 3.98. The van der Waals surface area contributed by atoms with Crippen LogP contribution >= 0.6 is 0 Å². The van der Waals surface area contributed by atoms with E-state index >= 15 is 0 Å². The maximum atomic E-state index is 13.2. The van der Waals surface area contributed by atoms with Crippen LogP contribution in [0.15, 0.2) is 102 Å². The molecule has 0 atom stereocenters. The second-order valence-corrected chi connectivity index (χ2v) is 9.12. The molecule has 0 aromatic heterocycles. The van der Waals surface area contributed by atoms with Crippen molar-refractivity contribution in [2.45, 2.75) is 10.6 Å². The van der Waals surface area contributed by atoms with Crippen LogP contribution in [-0.2, 0) is 15.6 Å². The van der Waals surface area contributed by atoms with E-state index in [9.17, 15) is 13.2 Å². The van der Waals surface area contributed by atoms with E-state index in [-0.39, 0.29) is 16.6 Å². The molecule has 0 saturated carbocycles. The average Bonchev–Trinajstić information content (AvgIpc) is 2.78. The van der Waals surface area contributed by atoms with Gasteiger partial charge in [0.15, 0.2) is 9.84 Å². The van der Waals surface area contributed by atoms with Gasteiger partial charge >= 0.3 is 0 Å². The number of benzene rings is 4. The molecule has 0 fully saturated rings. The summed E-state index contributed by atoms with van der Waals surface area (Å²) in [5.74, 6) is -0.346. The number of hydrogen-bond acceptors (Lipinski definition) is 3. The Bertz CT molecular complexity index is 1310. The zero-order valence-electron chi connectivity index (χ0n) is 16.5. The topological polar surface area (TPSA) is 54.5 Å². The van der Waals surface area contributed by atoms with Crippen LogP contribution in [0, 0.1) is 0 Å². The van der Waals surface area contributed by atoms with E-state index in [1.54, 1.807) is 66.5 Å². The molecule has 1 amide bonds. The van der Waals surface area contributed by atoms with Gasteiger partial charge in [-0.3, -0.25) is 4.79 Å². The van der Waals surface area contributed by atoms with Crippen LogP contribution in [0.3, 0.4) is 0 Å². The number of sulfone groups is 1. The van der Waals surface area contributed by atoms with Crippen LogP contribution in [-0.4, -0.2) is 21.4 Å². The molecule has 0 aliphatic rings. The Morgan fingerprint density at radius 1 is 0.800 bits per heavy atom. The predicted molar refractivity (Wildman–Crippen MR) is 120 cm³/mol. The molecule has 0 spiro atoms. The first-order valence-electron chi connectivity index (χ1n) is 9.58. The SMILES string of the molecule is CN(C(=O)c1cccc(CS(=O)(=O)c2ccccc2)c1)c1cccc2ccccc12. The number of nitrogens with zero attached hydrogens (tertiary/aromatic N) is 1. The normalized spacial score (nSPS) is 11.4. The summed E-state index contributed by atoms with van der Waals surface area (Å²) < 4.78 is 25.4. The van der Waals surface area contributed by atoms with Crippen molar-refractivity contribution in [2.75, 3.05) is 11.9 Å². The van der Waals surface area contributed by atoms with Crippen molar-refractivity contribution in [3.05, 3.63) is 108 Å². The number of carbonyl (C=O) groups excluding carboxylic acids is 1. The summed E-state index contributed by atoms with van der Waals surface area (Å²) in [6, 6.07) is 28.9. The molecule has 4 aromatic carbocycles. The first kappa shape index (κ1) is 19.9. The second kappa shape index (κ2) is 8.13. The first-order valence-corrected chi connectivity index (χ1v) is 11.2. The van der Waals surface area contributed by atoms with E-state index in [0.29, 0.717) is 11.1 Å². The van der Waals surface area contributed by atoms with Gasteiger partial charge in [0.1, 0.15) is 0 Å². The minimum Gasteiger partial charge on any atom is -0.311 e. The molecule has 0 heterocycles. The minimum absolute atomic E-state index is 0.157. The first-order chi connectivity index (χ1) is 14.5. The molecule has 30 heavy (non-hydrogen) atoms. The van der Waals surface area contributed by atoms with Gasteiger partial charge in [-0.25, -0.2) is 8.42 Å². The van der Waals surface area contributed by atoms with Gasteiger partial charge in [0, 0.05) is 18.0 Å². The molecule has 4 rings (SSSR count). The van der Waals surface area contributed by atoms with Gasteiger partial charge in [0.25, 0.3) is 5.91 Å². The summed E-state index contributed by atoms with van der Waals surface area (Å²) in [5.41, 5.74) is 1.84. The molecule has 0 N–H and O–H groups in total. The lowest BCUT2D eigenvalue weighted by Gasteiger charge is -2.20. The number of anilines is 1. The summed E-state index contributed by atoms with van der Waals surface area (Å²) in [7, 11) is -1.75. The lowest BCUT2D eigenvalue weighted by atomic mass is 10.1. The molecular weight excluding hydrogens is 394 g/mol. The van der Waals surface area contributed by atoms with Crippen molar-refractivity contribution in [1.29, 1.82) is 0 Å². The Balaban J connectivity index is 1.63. The maximum absolute atomic E-state index is 13.2. The van der Waals surface area contributed by atoms with Crippen LogP contribution in [0.5, 0.6) is 0 Å². The highest BCUT2D eigenvalue weighted by Crippen LogP contribution is 2.27. The highest BCUT2D eigenvalue weighted by Gasteiger charge is 2.18. The third-order valence-electron chi connectivity index (χ3n) is 5.07. The van der Waals surface area contributed by atoms with Crippen molar-refractivity contribution in [1.82, 2.24) is 0 Å². The summed E-state index contributed by atoms with van der Waals surface area (Å²) in [6.45, 7) is 0. The number of hydrogen-bond donors (Lipinski definition) is 0. The Kier molecular flexibility index (Phi) is 5.38. The molecule has 150 valence electrons. The molecule has 0 aliphatic carbocycles. The van der Waals surface area contributed by atoms with Crippen LogP contribution in [0.25, 0.3) is 10.8 Å². The van der Waals surface area contributed by atoms with Crippen molar-refractivity contribution in [3.8, 4) is 0 Å².